The molecular formula is C9H14O. The van der Waals surface area contributed by atoms with Gasteiger partial charge in [0.25, 0.3) is 0 Å². The summed E-state index contributed by atoms with van der Waals surface area (Å²) < 4.78 is 5.35. The van der Waals surface area contributed by atoms with Crippen LogP contribution in [0.5, 0.6) is 0 Å². The number of ether oxygens (including phenoxy) is 1. The molecule has 0 amide bonds. The van der Waals surface area contributed by atoms with Gasteiger partial charge in [-0.15, -0.1) is 6.58 Å². The van der Waals surface area contributed by atoms with Crippen molar-refractivity contribution >= 4 is 0 Å². The molecule has 10 heavy (non-hydrogen) atoms. The van der Waals surface area contributed by atoms with Crippen molar-refractivity contribution in [3.8, 4) is 0 Å². The van der Waals surface area contributed by atoms with Gasteiger partial charge in [0.1, 0.15) is 0 Å². The van der Waals surface area contributed by atoms with Gasteiger partial charge in [-0.3, -0.25) is 0 Å². The Morgan fingerprint density at radius 3 is 3.20 bits per heavy atom. The summed E-state index contributed by atoms with van der Waals surface area (Å²) in [6, 6.07) is 0. The van der Waals surface area contributed by atoms with E-state index in [1.54, 1.807) is 0 Å². The first-order valence-corrected chi connectivity index (χ1v) is 3.82. The summed E-state index contributed by atoms with van der Waals surface area (Å²) in [6.07, 6.45) is 10.0. The number of rotatable bonds is 4. The fraction of sp³-hybridized carbons (Fsp3) is 0.556. The predicted octanol–water partition coefficient (Wildman–Crippen LogP) is 2.30. The van der Waals surface area contributed by atoms with Crippen molar-refractivity contribution in [2.75, 3.05) is 6.61 Å². The van der Waals surface area contributed by atoms with E-state index >= 15 is 0 Å². The third-order valence-electron chi connectivity index (χ3n) is 1.65. The molecule has 0 bridgehead atoms. The van der Waals surface area contributed by atoms with Crippen molar-refractivity contribution in [3.05, 3.63) is 24.8 Å². The second kappa shape index (κ2) is 4.29. The Labute approximate surface area is 62.4 Å². The quantitative estimate of drug-likeness (QED) is 0.428. The van der Waals surface area contributed by atoms with Crippen molar-refractivity contribution in [1.29, 1.82) is 0 Å². The number of allylic oxidation sites excluding steroid dienone is 1. The molecule has 1 unspecified atom stereocenters. The molecule has 56 valence electrons. The van der Waals surface area contributed by atoms with Gasteiger partial charge in [-0.2, -0.15) is 0 Å². The largest absolute Gasteiger partial charge is 0.370 e. The molecule has 0 fully saturated rings. The van der Waals surface area contributed by atoms with Gasteiger partial charge >= 0.3 is 0 Å². The maximum atomic E-state index is 5.35. The van der Waals surface area contributed by atoms with Crippen molar-refractivity contribution in [2.24, 2.45) is 0 Å². The van der Waals surface area contributed by atoms with E-state index in [4.69, 9.17) is 4.74 Å². The molecule has 1 rings (SSSR count). The van der Waals surface area contributed by atoms with Crippen LogP contribution in [0.1, 0.15) is 19.3 Å². The molecule has 1 heterocycles. The molecule has 1 nitrogen and oxygen atoms in total. The molecule has 0 saturated heterocycles. The molecule has 1 atom stereocenters. The average molecular weight is 138 g/mol. The van der Waals surface area contributed by atoms with Crippen molar-refractivity contribution < 1.29 is 4.74 Å². The third kappa shape index (κ3) is 2.36. The van der Waals surface area contributed by atoms with Crippen LogP contribution in [-0.4, -0.2) is 12.7 Å². The smallest absolute Gasteiger partial charge is 0.0761 e. The Bertz CT molecular complexity index is 127. The van der Waals surface area contributed by atoms with Crippen LogP contribution in [-0.2, 0) is 4.74 Å². The van der Waals surface area contributed by atoms with Crippen LogP contribution in [0.2, 0.25) is 0 Å². The van der Waals surface area contributed by atoms with E-state index in [-0.39, 0.29) is 0 Å². The van der Waals surface area contributed by atoms with E-state index < -0.39 is 0 Å². The van der Waals surface area contributed by atoms with E-state index in [1.165, 1.54) is 6.42 Å². The molecule has 0 spiro atoms. The van der Waals surface area contributed by atoms with Crippen LogP contribution >= 0.6 is 0 Å². The van der Waals surface area contributed by atoms with Crippen LogP contribution in [0.15, 0.2) is 24.8 Å². The first-order chi connectivity index (χ1) is 4.93. The summed E-state index contributed by atoms with van der Waals surface area (Å²) in [6.45, 7) is 4.47. The van der Waals surface area contributed by atoms with Gasteiger partial charge in [-0.1, -0.05) is 18.2 Å². The fourth-order valence-electron chi connectivity index (χ4n) is 1.08. The number of hydrogen-bond donors (Lipinski definition) is 0. The van der Waals surface area contributed by atoms with Gasteiger partial charge in [0.15, 0.2) is 0 Å². The second-order valence-corrected chi connectivity index (χ2v) is 2.52. The van der Waals surface area contributed by atoms with Crippen LogP contribution in [0, 0.1) is 0 Å². The standard InChI is InChI=1S/C9H14O/c1-2-3-4-6-9-7-5-8-10-9/h2,5,7,9H,1,3-4,6,8H2. The minimum absolute atomic E-state index is 0.389. The topological polar surface area (TPSA) is 9.23 Å². The maximum absolute atomic E-state index is 5.35. The first kappa shape index (κ1) is 7.55. The minimum Gasteiger partial charge on any atom is -0.370 e. The van der Waals surface area contributed by atoms with E-state index in [0.717, 1.165) is 19.4 Å². The summed E-state index contributed by atoms with van der Waals surface area (Å²) >= 11 is 0. The lowest BCUT2D eigenvalue weighted by molar-refractivity contribution is 0.120. The van der Waals surface area contributed by atoms with Gasteiger partial charge in [0.2, 0.25) is 0 Å². The van der Waals surface area contributed by atoms with E-state index in [9.17, 15) is 0 Å². The molecule has 1 heteroatoms. The Morgan fingerprint density at radius 2 is 2.60 bits per heavy atom. The zero-order valence-corrected chi connectivity index (χ0v) is 6.25. The zero-order valence-electron chi connectivity index (χ0n) is 6.25. The van der Waals surface area contributed by atoms with Crippen LogP contribution in [0.3, 0.4) is 0 Å². The van der Waals surface area contributed by atoms with Crippen molar-refractivity contribution in [3.63, 3.8) is 0 Å². The van der Waals surface area contributed by atoms with E-state index in [1.807, 2.05) is 6.08 Å². The molecule has 1 aliphatic heterocycles. The van der Waals surface area contributed by atoms with Crippen molar-refractivity contribution in [1.82, 2.24) is 0 Å². The summed E-state index contributed by atoms with van der Waals surface area (Å²) in [5, 5.41) is 0. The highest BCUT2D eigenvalue weighted by molar-refractivity contribution is 4.95. The highest BCUT2D eigenvalue weighted by atomic mass is 16.5. The van der Waals surface area contributed by atoms with Gasteiger partial charge in [0.05, 0.1) is 12.7 Å². The average Bonchev–Trinajstić information content (AvgIpc) is 2.41. The molecule has 0 radical (unpaired) electrons. The first-order valence-electron chi connectivity index (χ1n) is 3.82. The van der Waals surface area contributed by atoms with E-state index in [0.29, 0.717) is 6.10 Å². The third-order valence-corrected chi connectivity index (χ3v) is 1.65. The molecule has 0 saturated carbocycles. The summed E-state index contributed by atoms with van der Waals surface area (Å²) in [5.41, 5.74) is 0. The van der Waals surface area contributed by atoms with Crippen LogP contribution in [0.4, 0.5) is 0 Å². The fourth-order valence-corrected chi connectivity index (χ4v) is 1.08. The SMILES string of the molecule is C=CCCCC1C=CCO1. The van der Waals surface area contributed by atoms with Crippen LogP contribution < -0.4 is 0 Å². The summed E-state index contributed by atoms with van der Waals surface area (Å²) in [5.74, 6) is 0. The molecule has 0 aromatic heterocycles. The van der Waals surface area contributed by atoms with Gasteiger partial charge < -0.3 is 4.74 Å². The molecule has 0 aliphatic carbocycles. The van der Waals surface area contributed by atoms with Gasteiger partial charge in [-0.05, 0) is 19.3 Å². The van der Waals surface area contributed by atoms with Crippen LogP contribution in [0.25, 0.3) is 0 Å². The number of hydrogen-bond acceptors (Lipinski definition) is 1. The predicted molar refractivity (Wildman–Crippen MR) is 42.9 cm³/mol. The highest BCUT2D eigenvalue weighted by Gasteiger charge is 2.06. The molecule has 0 N–H and O–H groups in total. The van der Waals surface area contributed by atoms with Gasteiger partial charge in [-0.25, -0.2) is 0 Å². The lowest BCUT2D eigenvalue weighted by atomic mass is 10.1. The molecule has 0 aromatic rings. The van der Waals surface area contributed by atoms with Crippen molar-refractivity contribution in [2.45, 2.75) is 25.4 Å². The Balaban J connectivity index is 2.02. The van der Waals surface area contributed by atoms with Gasteiger partial charge in [0, 0.05) is 0 Å². The summed E-state index contributed by atoms with van der Waals surface area (Å²) in [4.78, 5) is 0. The van der Waals surface area contributed by atoms with E-state index in [2.05, 4.69) is 18.7 Å². The highest BCUT2D eigenvalue weighted by Crippen LogP contribution is 2.10. The lowest BCUT2D eigenvalue weighted by Crippen LogP contribution is -2.03. The molecule has 1 aliphatic rings. The Kier molecular flexibility index (Phi) is 3.23. The Morgan fingerprint density at radius 1 is 1.70 bits per heavy atom. The number of unbranched alkanes of at least 4 members (excludes halogenated alkanes) is 1. The molecular weight excluding hydrogens is 124 g/mol. The normalized spacial score (nSPS) is 23.4. The lowest BCUT2D eigenvalue weighted by Gasteiger charge is -2.05. The summed E-state index contributed by atoms with van der Waals surface area (Å²) in [7, 11) is 0. The second-order valence-electron chi connectivity index (χ2n) is 2.52. The molecule has 0 aromatic carbocycles. The minimum atomic E-state index is 0.389. The Hall–Kier alpha value is -0.560. The maximum Gasteiger partial charge on any atom is 0.0761 e. The monoisotopic (exact) mass is 138 g/mol. The zero-order chi connectivity index (χ0) is 7.23.